The zero-order valence-corrected chi connectivity index (χ0v) is 11.5. The van der Waals surface area contributed by atoms with Crippen molar-refractivity contribution >= 4 is 27.3 Å². The molecule has 0 bridgehead atoms. The van der Waals surface area contributed by atoms with Crippen molar-refractivity contribution in [2.45, 2.75) is 23.5 Å². The Morgan fingerprint density at radius 3 is 2.39 bits per heavy atom. The molecule has 0 atom stereocenters. The highest BCUT2D eigenvalue weighted by atomic mass is 35.5. The largest absolute Gasteiger partial charge is 0.340 e. The first-order valence-electron chi connectivity index (χ1n) is 5.72. The lowest BCUT2D eigenvalue weighted by Crippen LogP contribution is -2.56. The van der Waals surface area contributed by atoms with Crippen molar-refractivity contribution in [2.24, 2.45) is 0 Å². The van der Waals surface area contributed by atoms with Crippen molar-refractivity contribution < 1.29 is 13.2 Å². The second-order valence-electron chi connectivity index (χ2n) is 4.27. The fraction of sp³-hybridized carbons (Fsp3) is 0.417. The highest BCUT2D eigenvalue weighted by Gasteiger charge is 2.39. The maximum absolute atomic E-state index is 12.2. The minimum atomic E-state index is -3.35. The van der Waals surface area contributed by atoms with Crippen molar-refractivity contribution in [3.05, 3.63) is 29.3 Å². The van der Waals surface area contributed by atoms with Gasteiger partial charge in [-0.15, -0.1) is 0 Å². The van der Waals surface area contributed by atoms with E-state index in [1.165, 1.54) is 12.1 Å². The van der Waals surface area contributed by atoms with Gasteiger partial charge in [-0.1, -0.05) is 18.5 Å². The van der Waals surface area contributed by atoms with Crippen LogP contribution in [-0.2, 0) is 14.6 Å². The van der Waals surface area contributed by atoms with Crippen molar-refractivity contribution in [1.82, 2.24) is 4.90 Å². The van der Waals surface area contributed by atoms with E-state index in [-0.39, 0.29) is 23.9 Å². The lowest BCUT2D eigenvalue weighted by atomic mass is 10.2. The van der Waals surface area contributed by atoms with Gasteiger partial charge in [0.05, 0.1) is 4.90 Å². The van der Waals surface area contributed by atoms with Gasteiger partial charge in [-0.05, 0) is 24.3 Å². The van der Waals surface area contributed by atoms with Crippen LogP contribution in [0.15, 0.2) is 29.2 Å². The van der Waals surface area contributed by atoms with Crippen LogP contribution >= 0.6 is 11.6 Å². The first kappa shape index (κ1) is 13.4. The monoisotopic (exact) mass is 287 g/mol. The van der Waals surface area contributed by atoms with Crippen molar-refractivity contribution in [1.29, 1.82) is 0 Å². The fourth-order valence-electron chi connectivity index (χ4n) is 1.88. The molecule has 1 aliphatic rings. The first-order valence-corrected chi connectivity index (χ1v) is 7.65. The molecule has 0 saturated carbocycles. The number of hydrogen-bond acceptors (Lipinski definition) is 3. The highest BCUT2D eigenvalue weighted by Crippen LogP contribution is 2.25. The molecule has 1 saturated heterocycles. The summed E-state index contributed by atoms with van der Waals surface area (Å²) in [5, 5.41) is 0.0134. The number of nitrogens with zero attached hydrogens (tertiary/aromatic N) is 1. The molecule has 4 nitrogen and oxygen atoms in total. The molecular weight excluding hydrogens is 274 g/mol. The van der Waals surface area contributed by atoms with E-state index < -0.39 is 15.1 Å². The van der Waals surface area contributed by atoms with Gasteiger partial charge in [0.15, 0.2) is 9.84 Å². The predicted molar refractivity (Wildman–Crippen MR) is 69.3 cm³/mol. The zero-order valence-electron chi connectivity index (χ0n) is 9.97. The van der Waals surface area contributed by atoms with E-state index in [2.05, 4.69) is 0 Å². The average Bonchev–Trinajstić information content (AvgIpc) is 2.27. The fourth-order valence-corrected chi connectivity index (χ4v) is 3.66. The summed E-state index contributed by atoms with van der Waals surface area (Å²) < 4.78 is 24.4. The normalized spacial score (nSPS) is 16.4. The van der Waals surface area contributed by atoms with E-state index in [4.69, 9.17) is 11.6 Å². The topological polar surface area (TPSA) is 54.5 Å². The Bertz CT molecular complexity index is 547. The summed E-state index contributed by atoms with van der Waals surface area (Å²) in [6, 6.07) is 6.12. The summed E-state index contributed by atoms with van der Waals surface area (Å²) in [6.07, 6.45) is 0.410. The molecule has 0 unspecified atom stereocenters. The van der Waals surface area contributed by atoms with E-state index in [0.717, 1.165) is 0 Å². The summed E-state index contributed by atoms with van der Waals surface area (Å²) in [4.78, 5) is 13.2. The molecule has 0 spiro atoms. The molecule has 18 heavy (non-hydrogen) atoms. The molecule has 0 aromatic heterocycles. The smallest absolute Gasteiger partial charge is 0.222 e. The number of amides is 1. The number of halogens is 1. The molecular formula is C12H14ClNO3S. The Labute approximate surface area is 111 Å². The van der Waals surface area contributed by atoms with Crippen molar-refractivity contribution in [3.8, 4) is 0 Å². The summed E-state index contributed by atoms with van der Waals surface area (Å²) in [5.74, 6) is -0.00226. The molecule has 1 heterocycles. The first-order chi connectivity index (χ1) is 8.45. The van der Waals surface area contributed by atoms with Crippen LogP contribution in [0.4, 0.5) is 0 Å². The lowest BCUT2D eigenvalue weighted by molar-refractivity contribution is -0.133. The van der Waals surface area contributed by atoms with Gasteiger partial charge in [-0.3, -0.25) is 4.79 Å². The van der Waals surface area contributed by atoms with Crippen LogP contribution < -0.4 is 0 Å². The standard InChI is InChI=1S/C12H14ClNO3S/c1-2-12(15)14-7-11(8-14)18(16,17)10-5-3-9(13)4-6-10/h3-6,11H,2,7-8H2,1H3. The summed E-state index contributed by atoms with van der Waals surface area (Å²) in [5.41, 5.74) is 0. The van der Waals surface area contributed by atoms with Gasteiger partial charge in [0.2, 0.25) is 5.91 Å². The van der Waals surface area contributed by atoms with Crippen LogP contribution in [0, 0.1) is 0 Å². The van der Waals surface area contributed by atoms with E-state index in [1.54, 1.807) is 24.0 Å². The number of rotatable bonds is 3. The van der Waals surface area contributed by atoms with E-state index in [1.807, 2.05) is 0 Å². The van der Waals surface area contributed by atoms with Crippen LogP contribution in [0.2, 0.25) is 5.02 Å². The van der Waals surface area contributed by atoms with Gasteiger partial charge < -0.3 is 4.90 Å². The summed E-state index contributed by atoms with van der Waals surface area (Å²) in [6.45, 7) is 2.35. The zero-order chi connectivity index (χ0) is 13.3. The molecule has 1 aromatic rings. The van der Waals surface area contributed by atoms with Crippen molar-refractivity contribution in [2.75, 3.05) is 13.1 Å². The molecule has 2 rings (SSSR count). The third kappa shape index (κ3) is 2.37. The van der Waals surface area contributed by atoms with Crippen LogP contribution in [-0.4, -0.2) is 37.6 Å². The van der Waals surface area contributed by atoms with E-state index in [9.17, 15) is 13.2 Å². The van der Waals surface area contributed by atoms with Gasteiger partial charge in [-0.25, -0.2) is 8.42 Å². The Balaban J connectivity index is 2.10. The molecule has 1 aromatic carbocycles. The molecule has 0 N–H and O–H groups in total. The lowest BCUT2D eigenvalue weighted by Gasteiger charge is -2.38. The van der Waals surface area contributed by atoms with Crippen molar-refractivity contribution in [3.63, 3.8) is 0 Å². The van der Waals surface area contributed by atoms with Gasteiger partial charge in [0, 0.05) is 24.5 Å². The number of hydrogen-bond donors (Lipinski definition) is 0. The van der Waals surface area contributed by atoms with Crippen LogP contribution in [0.25, 0.3) is 0 Å². The maximum Gasteiger partial charge on any atom is 0.222 e. The van der Waals surface area contributed by atoms with Gasteiger partial charge in [-0.2, -0.15) is 0 Å². The SMILES string of the molecule is CCC(=O)N1CC(S(=O)(=O)c2ccc(Cl)cc2)C1. The summed E-state index contributed by atoms with van der Waals surface area (Å²) in [7, 11) is -3.35. The quantitative estimate of drug-likeness (QED) is 0.851. The van der Waals surface area contributed by atoms with Crippen LogP contribution in [0.3, 0.4) is 0 Å². The molecule has 0 radical (unpaired) electrons. The van der Waals surface area contributed by atoms with E-state index >= 15 is 0 Å². The Kier molecular flexibility index (Phi) is 3.64. The Morgan fingerprint density at radius 2 is 1.89 bits per heavy atom. The summed E-state index contributed by atoms with van der Waals surface area (Å²) >= 11 is 5.73. The third-order valence-corrected chi connectivity index (χ3v) is 5.44. The van der Waals surface area contributed by atoms with E-state index in [0.29, 0.717) is 11.4 Å². The second kappa shape index (κ2) is 4.90. The third-order valence-electron chi connectivity index (χ3n) is 3.08. The molecule has 1 aliphatic heterocycles. The minimum Gasteiger partial charge on any atom is -0.340 e. The van der Waals surface area contributed by atoms with Crippen LogP contribution in [0.5, 0.6) is 0 Å². The number of likely N-dealkylation sites (tertiary alicyclic amines) is 1. The number of benzene rings is 1. The van der Waals surface area contributed by atoms with Gasteiger partial charge in [0.1, 0.15) is 5.25 Å². The van der Waals surface area contributed by atoms with Crippen LogP contribution in [0.1, 0.15) is 13.3 Å². The van der Waals surface area contributed by atoms with Gasteiger partial charge >= 0.3 is 0 Å². The molecule has 6 heteroatoms. The molecule has 1 fully saturated rings. The minimum absolute atomic E-state index is 0.00226. The molecule has 98 valence electrons. The number of sulfone groups is 1. The number of carbonyl (C=O) groups is 1. The molecule has 1 amide bonds. The Morgan fingerprint density at radius 1 is 1.33 bits per heavy atom. The highest BCUT2D eigenvalue weighted by molar-refractivity contribution is 7.92. The Hall–Kier alpha value is -1.07. The second-order valence-corrected chi connectivity index (χ2v) is 6.94. The maximum atomic E-state index is 12.2. The number of carbonyl (C=O) groups excluding carboxylic acids is 1. The predicted octanol–water partition coefficient (Wildman–Crippen LogP) is 1.73. The van der Waals surface area contributed by atoms with Gasteiger partial charge in [0.25, 0.3) is 0 Å². The average molecular weight is 288 g/mol. The molecule has 0 aliphatic carbocycles.